The van der Waals surface area contributed by atoms with Crippen molar-refractivity contribution in [2.24, 2.45) is 5.73 Å². The summed E-state index contributed by atoms with van der Waals surface area (Å²) < 4.78 is 0. The molecule has 1 aliphatic heterocycles. The van der Waals surface area contributed by atoms with Crippen LogP contribution >= 0.6 is 11.8 Å². The monoisotopic (exact) mass is 118 g/mol. The highest BCUT2D eigenvalue weighted by Crippen LogP contribution is 2.17. The quantitative estimate of drug-likeness (QED) is 0.475. The summed E-state index contributed by atoms with van der Waals surface area (Å²) in [4.78, 5) is 0. The summed E-state index contributed by atoms with van der Waals surface area (Å²) in [7, 11) is 0. The fourth-order valence-corrected chi connectivity index (χ4v) is 0.876. The average molecular weight is 118 g/mol. The molecule has 0 fully saturated rings. The second-order valence-corrected chi connectivity index (χ2v) is 2.22. The molecule has 0 aliphatic carbocycles. The minimum absolute atomic E-state index is 0.292. The summed E-state index contributed by atoms with van der Waals surface area (Å²) in [5, 5.41) is 11.3. The van der Waals surface area contributed by atoms with E-state index in [0.717, 1.165) is 5.06 Å². The lowest BCUT2D eigenvalue weighted by molar-refractivity contribution is -0.0467. The summed E-state index contributed by atoms with van der Waals surface area (Å²) in [6.07, 6.45) is 1.52. The molecule has 3 N–H and O–H groups in total. The van der Waals surface area contributed by atoms with Crippen LogP contribution in [0.2, 0.25) is 0 Å². The molecule has 0 bridgehead atoms. The van der Waals surface area contributed by atoms with Crippen molar-refractivity contribution in [1.82, 2.24) is 5.06 Å². The lowest BCUT2D eigenvalue weighted by atomic mass is 10.9. The number of hydrogen-bond acceptors (Lipinski definition) is 4. The van der Waals surface area contributed by atoms with Crippen molar-refractivity contribution in [2.45, 2.75) is 5.50 Å². The third kappa shape index (κ3) is 0.876. The van der Waals surface area contributed by atoms with Crippen LogP contribution in [0.25, 0.3) is 0 Å². The Labute approximate surface area is 45.7 Å². The van der Waals surface area contributed by atoms with E-state index in [1.54, 1.807) is 5.41 Å². The average Bonchev–Trinajstić information content (AvgIpc) is 1.91. The standard InChI is InChI=1S/C3H6N2OS/c4-3-5(6)1-2-7-3/h1-3,6H,4H2. The van der Waals surface area contributed by atoms with E-state index in [1.807, 2.05) is 0 Å². The molecule has 0 radical (unpaired) electrons. The number of thioether (sulfide) groups is 1. The third-order valence-corrected chi connectivity index (χ3v) is 1.47. The number of rotatable bonds is 0. The van der Waals surface area contributed by atoms with Gasteiger partial charge in [0.15, 0.2) is 5.50 Å². The Hall–Kier alpha value is -0.190. The molecule has 0 amide bonds. The van der Waals surface area contributed by atoms with E-state index >= 15 is 0 Å². The second kappa shape index (κ2) is 1.73. The number of hydroxylamine groups is 2. The molecule has 0 aromatic rings. The fraction of sp³-hybridized carbons (Fsp3) is 0.333. The summed E-state index contributed by atoms with van der Waals surface area (Å²) in [6.45, 7) is 0. The molecule has 1 aliphatic rings. The van der Waals surface area contributed by atoms with Crippen molar-refractivity contribution < 1.29 is 5.21 Å². The highest BCUT2D eigenvalue weighted by molar-refractivity contribution is 8.02. The number of nitrogens with zero attached hydrogens (tertiary/aromatic N) is 1. The van der Waals surface area contributed by atoms with Crippen LogP contribution in [0.3, 0.4) is 0 Å². The molecular formula is C3H6N2OS. The largest absolute Gasteiger partial charge is 0.301 e. The maximum absolute atomic E-state index is 8.60. The zero-order valence-corrected chi connectivity index (χ0v) is 4.43. The topological polar surface area (TPSA) is 49.5 Å². The van der Waals surface area contributed by atoms with E-state index in [1.165, 1.54) is 18.0 Å². The van der Waals surface area contributed by atoms with E-state index in [9.17, 15) is 0 Å². The highest BCUT2D eigenvalue weighted by Gasteiger charge is 2.10. The van der Waals surface area contributed by atoms with Crippen molar-refractivity contribution in [3.8, 4) is 0 Å². The van der Waals surface area contributed by atoms with Gasteiger partial charge < -0.3 is 5.73 Å². The summed E-state index contributed by atoms with van der Waals surface area (Å²) in [5.41, 5.74) is 4.96. The zero-order chi connectivity index (χ0) is 5.28. The molecule has 0 spiro atoms. The van der Waals surface area contributed by atoms with Crippen molar-refractivity contribution in [3.05, 3.63) is 11.6 Å². The molecule has 1 rings (SSSR count). The highest BCUT2D eigenvalue weighted by atomic mass is 32.2. The van der Waals surface area contributed by atoms with Crippen molar-refractivity contribution in [3.63, 3.8) is 0 Å². The first-order chi connectivity index (χ1) is 3.30. The molecule has 0 aromatic carbocycles. The Morgan fingerprint density at radius 1 is 1.86 bits per heavy atom. The third-order valence-electron chi connectivity index (χ3n) is 0.692. The first kappa shape index (κ1) is 4.96. The Morgan fingerprint density at radius 2 is 2.57 bits per heavy atom. The van der Waals surface area contributed by atoms with Gasteiger partial charge in [-0.15, -0.1) is 0 Å². The van der Waals surface area contributed by atoms with Gasteiger partial charge in [0.05, 0.1) is 0 Å². The van der Waals surface area contributed by atoms with Crippen LogP contribution in [-0.2, 0) is 0 Å². The molecule has 1 atom stereocenters. The Morgan fingerprint density at radius 3 is 2.71 bits per heavy atom. The minimum Gasteiger partial charge on any atom is -0.301 e. The van der Waals surface area contributed by atoms with Crippen LogP contribution in [0.5, 0.6) is 0 Å². The van der Waals surface area contributed by atoms with Gasteiger partial charge in [0.25, 0.3) is 0 Å². The van der Waals surface area contributed by atoms with E-state index in [-0.39, 0.29) is 5.50 Å². The van der Waals surface area contributed by atoms with Crippen molar-refractivity contribution in [2.75, 3.05) is 0 Å². The van der Waals surface area contributed by atoms with Crippen LogP contribution in [0, 0.1) is 0 Å². The van der Waals surface area contributed by atoms with Crippen LogP contribution in [-0.4, -0.2) is 15.8 Å². The van der Waals surface area contributed by atoms with E-state index in [2.05, 4.69) is 0 Å². The smallest absolute Gasteiger partial charge is 0.153 e. The maximum Gasteiger partial charge on any atom is 0.153 e. The lowest BCUT2D eigenvalue weighted by Crippen LogP contribution is -2.28. The molecule has 4 heteroatoms. The van der Waals surface area contributed by atoms with Gasteiger partial charge in [0.2, 0.25) is 0 Å². The molecule has 7 heavy (non-hydrogen) atoms. The maximum atomic E-state index is 8.60. The first-order valence-corrected chi connectivity index (χ1v) is 2.80. The van der Waals surface area contributed by atoms with Crippen molar-refractivity contribution in [1.29, 1.82) is 0 Å². The Kier molecular flexibility index (Phi) is 1.23. The van der Waals surface area contributed by atoms with Crippen LogP contribution in [0.4, 0.5) is 0 Å². The van der Waals surface area contributed by atoms with Gasteiger partial charge >= 0.3 is 0 Å². The summed E-state index contributed by atoms with van der Waals surface area (Å²) in [6, 6.07) is 0. The van der Waals surface area contributed by atoms with E-state index in [0.29, 0.717) is 0 Å². The van der Waals surface area contributed by atoms with Crippen molar-refractivity contribution >= 4 is 11.8 Å². The second-order valence-electron chi connectivity index (χ2n) is 1.19. The fourth-order valence-electron chi connectivity index (χ4n) is 0.325. The molecule has 1 unspecified atom stereocenters. The molecule has 0 saturated carbocycles. The number of nitrogens with two attached hydrogens (primary N) is 1. The molecule has 1 heterocycles. The molecule has 40 valence electrons. The van der Waals surface area contributed by atoms with Gasteiger partial charge in [-0.1, -0.05) is 11.8 Å². The number of hydrogen-bond donors (Lipinski definition) is 2. The van der Waals surface area contributed by atoms with E-state index in [4.69, 9.17) is 10.9 Å². The predicted molar refractivity (Wildman–Crippen MR) is 28.3 cm³/mol. The van der Waals surface area contributed by atoms with Gasteiger partial charge in [0, 0.05) is 6.20 Å². The minimum atomic E-state index is -0.292. The van der Waals surface area contributed by atoms with Gasteiger partial charge in [-0.2, -0.15) is 0 Å². The molecule has 3 nitrogen and oxygen atoms in total. The Balaban J connectivity index is 2.45. The Bertz CT molecular complexity index is 94.9. The first-order valence-electron chi connectivity index (χ1n) is 1.85. The normalized spacial score (nSPS) is 29.4. The zero-order valence-electron chi connectivity index (χ0n) is 3.61. The van der Waals surface area contributed by atoms with Gasteiger partial charge in [0.1, 0.15) is 0 Å². The summed E-state index contributed by atoms with van der Waals surface area (Å²) >= 11 is 1.38. The van der Waals surface area contributed by atoms with Crippen LogP contribution in [0.1, 0.15) is 0 Å². The molecule has 0 aromatic heterocycles. The van der Waals surface area contributed by atoms with Gasteiger partial charge in [-0.05, 0) is 5.41 Å². The van der Waals surface area contributed by atoms with Crippen LogP contribution < -0.4 is 5.73 Å². The van der Waals surface area contributed by atoms with Gasteiger partial charge in [-0.25, -0.2) is 5.06 Å². The molecule has 0 saturated heterocycles. The lowest BCUT2D eigenvalue weighted by Gasteiger charge is -2.10. The van der Waals surface area contributed by atoms with Crippen LogP contribution in [0.15, 0.2) is 11.6 Å². The van der Waals surface area contributed by atoms with E-state index < -0.39 is 0 Å². The summed E-state index contributed by atoms with van der Waals surface area (Å²) in [5.74, 6) is 0. The predicted octanol–water partition coefficient (Wildman–Crippen LogP) is 0.138. The molecular weight excluding hydrogens is 112 g/mol. The SMILES string of the molecule is NC1SC=CN1O. The van der Waals surface area contributed by atoms with Gasteiger partial charge in [-0.3, -0.25) is 5.21 Å².